The molecule has 1 aromatic heterocycles. The Kier molecular flexibility index (Phi) is 19.2. The van der Waals surface area contributed by atoms with Gasteiger partial charge in [-0.3, -0.25) is 5.10 Å². The second kappa shape index (κ2) is 16.5. The lowest BCUT2D eigenvalue weighted by Crippen LogP contribution is -1.99. The van der Waals surface area contributed by atoms with E-state index in [1.807, 2.05) is 33.8 Å². The molecule has 1 aromatic rings. The van der Waals surface area contributed by atoms with Gasteiger partial charge in [0.2, 0.25) is 0 Å². The quantitative estimate of drug-likeness (QED) is 0.709. The van der Waals surface area contributed by atoms with Gasteiger partial charge in [0.05, 0.1) is 6.20 Å². The molecule has 4 nitrogen and oxygen atoms in total. The summed E-state index contributed by atoms with van der Waals surface area (Å²) in [5.41, 5.74) is 13.7. The number of anilines is 1. The highest BCUT2D eigenvalue weighted by Gasteiger charge is 2.11. The number of nitrogens with zero attached hydrogens (tertiary/aromatic N) is 1. The lowest BCUT2D eigenvalue weighted by molar-refractivity contribution is 0.672. The van der Waals surface area contributed by atoms with Gasteiger partial charge in [-0.1, -0.05) is 54.2 Å². The van der Waals surface area contributed by atoms with Gasteiger partial charge < -0.3 is 11.5 Å². The van der Waals surface area contributed by atoms with Gasteiger partial charge in [0, 0.05) is 5.56 Å². The number of nitrogen functional groups attached to an aromatic ring is 1. The average Bonchev–Trinajstić information content (AvgIpc) is 2.99. The van der Waals surface area contributed by atoms with Crippen LogP contribution in [-0.4, -0.2) is 17.2 Å². The maximum Gasteiger partial charge on any atom is 0.126 e. The van der Waals surface area contributed by atoms with Gasteiger partial charge >= 0.3 is 0 Å². The zero-order chi connectivity index (χ0) is 17.4. The van der Waals surface area contributed by atoms with Crippen molar-refractivity contribution in [2.75, 3.05) is 12.8 Å². The number of hydrogen-bond donors (Lipinski definition) is 3. The molecule has 0 aliphatic rings. The molecule has 5 N–H and O–H groups in total. The van der Waals surface area contributed by atoms with E-state index in [1.165, 1.54) is 12.6 Å². The fraction of sp³-hybridized carbons (Fsp3) is 0.588. The first kappa shape index (κ1) is 24.5. The van der Waals surface area contributed by atoms with E-state index in [4.69, 9.17) is 5.73 Å². The van der Waals surface area contributed by atoms with E-state index < -0.39 is 0 Å². The number of aromatic nitrogens is 2. The maximum atomic E-state index is 5.79. The number of nitrogens with two attached hydrogens (primary N) is 2. The van der Waals surface area contributed by atoms with Crippen LogP contribution in [0, 0.1) is 5.92 Å². The molecule has 0 aromatic carbocycles. The van der Waals surface area contributed by atoms with E-state index in [0.29, 0.717) is 11.7 Å². The van der Waals surface area contributed by atoms with Crippen molar-refractivity contribution in [1.82, 2.24) is 10.2 Å². The van der Waals surface area contributed by atoms with Crippen LogP contribution in [0.3, 0.4) is 0 Å². The summed E-state index contributed by atoms with van der Waals surface area (Å²) in [6.07, 6.45) is 4.77. The summed E-state index contributed by atoms with van der Waals surface area (Å²) in [6, 6.07) is 0. The van der Waals surface area contributed by atoms with Crippen molar-refractivity contribution in [3.05, 3.63) is 30.0 Å². The minimum atomic E-state index is 0.497. The van der Waals surface area contributed by atoms with Crippen molar-refractivity contribution in [3.8, 4) is 0 Å². The van der Waals surface area contributed by atoms with Crippen molar-refractivity contribution >= 4 is 11.4 Å². The van der Waals surface area contributed by atoms with E-state index >= 15 is 0 Å². The van der Waals surface area contributed by atoms with Crippen LogP contribution in [0.2, 0.25) is 0 Å². The average molecular weight is 297 g/mol. The van der Waals surface area contributed by atoms with Crippen LogP contribution >= 0.6 is 0 Å². The third-order valence-corrected chi connectivity index (χ3v) is 2.87. The molecule has 0 bridgehead atoms. The Morgan fingerprint density at radius 1 is 1.33 bits per heavy atom. The van der Waals surface area contributed by atoms with E-state index in [0.717, 1.165) is 17.6 Å². The number of nitrogens with one attached hydrogen (secondary N) is 1. The molecule has 1 heterocycles. The summed E-state index contributed by atoms with van der Waals surface area (Å²) in [7, 11) is 1.50. The van der Waals surface area contributed by atoms with E-state index in [-0.39, 0.29) is 0 Å². The fourth-order valence-electron chi connectivity index (χ4n) is 1.69. The monoisotopic (exact) mass is 296 g/mol. The van der Waals surface area contributed by atoms with Crippen LogP contribution in [0.5, 0.6) is 0 Å². The van der Waals surface area contributed by atoms with Gasteiger partial charge in [-0.15, -0.1) is 0 Å². The van der Waals surface area contributed by atoms with E-state index in [1.54, 1.807) is 6.20 Å². The number of rotatable bonds is 4. The van der Waals surface area contributed by atoms with Crippen LogP contribution in [0.15, 0.2) is 24.4 Å². The molecule has 0 fully saturated rings. The van der Waals surface area contributed by atoms with Gasteiger partial charge in [-0.25, -0.2) is 0 Å². The van der Waals surface area contributed by atoms with Crippen molar-refractivity contribution in [2.24, 2.45) is 11.7 Å². The number of allylic oxidation sites excluding steroid dienone is 3. The largest absolute Gasteiger partial charge is 0.384 e. The van der Waals surface area contributed by atoms with Crippen LogP contribution in [0.25, 0.3) is 5.57 Å². The summed E-state index contributed by atoms with van der Waals surface area (Å²) in [5.74, 6) is 1.12. The summed E-state index contributed by atoms with van der Waals surface area (Å²) in [5, 5.41) is 6.67. The van der Waals surface area contributed by atoms with Gasteiger partial charge in [0.15, 0.2) is 0 Å². The molecule has 1 rings (SSSR count). The lowest BCUT2D eigenvalue weighted by atomic mass is 9.92. The topological polar surface area (TPSA) is 80.7 Å². The first-order chi connectivity index (χ1) is 10.1. The third kappa shape index (κ3) is 8.35. The molecule has 1 atom stereocenters. The molecule has 0 radical (unpaired) electrons. The van der Waals surface area contributed by atoms with Crippen LogP contribution in [-0.2, 0) is 0 Å². The van der Waals surface area contributed by atoms with Crippen molar-refractivity contribution in [3.63, 3.8) is 0 Å². The molecule has 0 spiro atoms. The SMILES string of the molecule is C=C/C(=C(\C)c1cn[nH]c1N)C(C)CC.CC.CC.CN. The molecule has 1 unspecified atom stereocenters. The van der Waals surface area contributed by atoms with E-state index in [2.05, 4.69) is 43.3 Å². The molecule has 4 heteroatoms. The van der Waals surface area contributed by atoms with Crippen molar-refractivity contribution < 1.29 is 0 Å². The Balaban J connectivity index is -0.000000478. The minimum Gasteiger partial charge on any atom is -0.384 e. The highest BCUT2D eigenvalue weighted by Crippen LogP contribution is 2.28. The van der Waals surface area contributed by atoms with Crippen molar-refractivity contribution in [2.45, 2.75) is 54.9 Å². The predicted octanol–water partition coefficient (Wildman–Crippen LogP) is 4.62. The summed E-state index contributed by atoms with van der Waals surface area (Å²) < 4.78 is 0. The Hall–Kier alpha value is -1.55. The molecule has 0 saturated carbocycles. The second-order valence-electron chi connectivity index (χ2n) is 3.79. The van der Waals surface area contributed by atoms with Gasteiger partial charge in [0.1, 0.15) is 5.82 Å². The molecule has 0 aliphatic carbocycles. The molecule has 0 amide bonds. The number of H-pyrrole nitrogens is 1. The van der Waals surface area contributed by atoms with Crippen LogP contribution < -0.4 is 11.5 Å². The van der Waals surface area contributed by atoms with Gasteiger partial charge in [-0.05, 0) is 37.5 Å². The van der Waals surface area contributed by atoms with E-state index in [9.17, 15) is 0 Å². The standard InChI is InChI=1S/C12H19N3.2C2H6.CH5N/c1-5-8(3)10(6-2)9(4)11-7-14-15-12(11)13;3*1-2/h6-8H,2,5H2,1,3-4H3,(H3,13,14,15);2*1-2H3;2H2,1H3/b10-9-;;;. The third-order valence-electron chi connectivity index (χ3n) is 2.87. The zero-order valence-electron chi connectivity index (χ0n) is 15.2. The van der Waals surface area contributed by atoms with Gasteiger partial charge in [-0.2, -0.15) is 5.10 Å². The summed E-state index contributed by atoms with van der Waals surface area (Å²) in [4.78, 5) is 0. The fourth-order valence-corrected chi connectivity index (χ4v) is 1.69. The highest BCUT2D eigenvalue weighted by molar-refractivity contribution is 5.75. The molecule has 0 saturated heterocycles. The Labute approximate surface area is 131 Å². The first-order valence-corrected chi connectivity index (χ1v) is 7.81. The lowest BCUT2D eigenvalue weighted by Gasteiger charge is -2.14. The summed E-state index contributed by atoms with van der Waals surface area (Å²) in [6.45, 7) is 18.3. The maximum absolute atomic E-state index is 5.79. The molecular weight excluding hydrogens is 260 g/mol. The number of hydrogen-bond acceptors (Lipinski definition) is 3. The van der Waals surface area contributed by atoms with Crippen molar-refractivity contribution in [1.29, 1.82) is 0 Å². The summed E-state index contributed by atoms with van der Waals surface area (Å²) >= 11 is 0. The first-order valence-electron chi connectivity index (χ1n) is 7.81. The Bertz CT molecular complexity index is 378. The predicted molar refractivity (Wildman–Crippen MR) is 98.1 cm³/mol. The zero-order valence-corrected chi connectivity index (χ0v) is 15.2. The van der Waals surface area contributed by atoms with Crippen LogP contribution in [0.1, 0.15) is 60.5 Å². The molecule has 0 aliphatic heterocycles. The number of aromatic amines is 1. The molecule has 124 valence electrons. The minimum absolute atomic E-state index is 0.497. The van der Waals surface area contributed by atoms with Crippen LogP contribution in [0.4, 0.5) is 5.82 Å². The Morgan fingerprint density at radius 2 is 1.81 bits per heavy atom. The van der Waals surface area contributed by atoms with Gasteiger partial charge in [0.25, 0.3) is 0 Å². The second-order valence-corrected chi connectivity index (χ2v) is 3.79. The Morgan fingerprint density at radius 3 is 2.10 bits per heavy atom. The molecule has 21 heavy (non-hydrogen) atoms. The highest BCUT2D eigenvalue weighted by atomic mass is 15.1. The molecular formula is C17H36N4. The smallest absolute Gasteiger partial charge is 0.126 e. The normalized spacial score (nSPS) is 11.3.